The summed E-state index contributed by atoms with van der Waals surface area (Å²) in [6.07, 6.45) is 13.6. The zero-order chi connectivity index (χ0) is 35.2. The fraction of sp³-hybridized carbons (Fsp3) is 0.714. The van der Waals surface area contributed by atoms with Gasteiger partial charge in [-0.2, -0.15) is 0 Å². The minimum Gasteiger partial charge on any atom is -0.508 e. The van der Waals surface area contributed by atoms with E-state index in [0.717, 1.165) is 76.7 Å². The number of carbonyl (C=O) groups is 3. The number of hydrogen-bond donors (Lipinski definition) is 9. The van der Waals surface area contributed by atoms with Gasteiger partial charge in [0.05, 0.1) is 6.04 Å². The second-order valence-corrected chi connectivity index (χ2v) is 12.4. The molecule has 0 aliphatic carbocycles. The molecule has 0 aromatic heterocycles. The highest BCUT2D eigenvalue weighted by Crippen LogP contribution is 2.12. The number of nitrogens with two attached hydrogens (primary N) is 3. The van der Waals surface area contributed by atoms with Crippen LogP contribution in [0.5, 0.6) is 5.75 Å². The van der Waals surface area contributed by atoms with Crippen molar-refractivity contribution in [2.24, 2.45) is 22.2 Å². The van der Waals surface area contributed by atoms with Gasteiger partial charge in [0.15, 0.2) is 5.96 Å². The first-order valence-corrected chi connectivity index (χ1v) is 18.1. The minimum atomic E-state index is -0.659. The molecule has 0 saturated carbocycles. The summed E-state index contributed by atoms with van der Waals surface area (Å²) in [6, 6.07) is 5.52. The zero-order valence-corrected chi connectivity index (χ0v) is 29.4. The van der Waals surface area contributed by atoms with E-state index in [0.29, 0.717) is 45.3 Å². The molecule has 0 saturated heterocycles. The number of carbonyl (C=O) groups excluding carboxylic acids is 3. The number of unbranched alkanes of at least 4 members (excludes halogenated alkanes) is 7. The number of aromatic hydroxyl groups is 1. The summed E-state index contributed by atoms with van der Waals surface area (Å²) in [4.78, 5) is 41.6. The van der Waals surface area contributed by atoms with Crippen LogP contribution in [0.25, 0.3) is 0 Å². The first-order chi connectivity index (χ1) is 23.2. The Balaban J connectivity index is 2.15. The van der Waals surface area contributed by atoms with Crippen LogP contribution in [0.2, 0.25) is 0 Å². The smallest absolute Gasteiger partial charge is 0.242 e. The molecule has 0 aliphatic rings. The van der Waals surface area contributed by atoms with Gasteiger partial charge in [0.1, 0.15) is 11.8 Å². The minimum absolute atomic E-state index is 0.0424. The van der Waals surface area contributed by atoms with Crippen molar-refractivity contribution in [3.8, 4) is 5.75 Å². The molecule has 2 atom stereocenters. The summed E-state index contributed by atoms with van der Waals surface area (Å²) in [6.45, 7) is 7.17. The van der Waals surface area contributed by atoms with Gasteiger partial charge in [0.2, 0.25) is 17.7 Å². The number of aliphatic imine (C=N–C) groups is 1. The van der Waals surface area contributed by atoms with E-state index < -0.39 is 12.1 Å². The van der Waals surface area contributed by atoms with Crippen molar-refractivity contribution in [3.63, 3.8) is 0 Å². The van der Waals surface area contributed by atoms with Crippen molar-refractivity contribution >= 4 is 23.7 Å². The molecule has 12 N–H and O–H groups in total. The first-order valence-electron chi connectivity index (χ1n) is 18.1. The average molecular weight is 676 g/mol. The van der Waals surface area contributed by atoms with Gasteiger partial charge in [-0.1, -0.05) is 57.6 Å². The molecule has 3 amide bonds. The van der Waals surface area contributed by atoms with Crippen LogP contribution in [-0.4, -0.2) is 86.7 Å². The number of nitrogens with one attached hydrogen (secondary N) is 5. The lowest BCUT2D eigenvalue weighted by Crippen LogP contribution is -2.48. The summed E-state index contributed by atoms with van der Waals surface area (Å²) in [5.74, 6) is -0.233. The molecule has 0 radical (unpaired) electrons. The van der Waals surface area contributed by atoms with Gasteiger partial charge in [-0.25, -0.2) is 0 Å². The Kier molecular flexibility index (Phi) is 25.4. The maximum atomic E-state index is 13.0. The molecule has 13 nitrogen and oxygen atoms in total. The molecule has 0 bridgehead atoms. The van der Waals surface area contributed by atoms with Crippen molar-refractivity contribution in [2.75, 3.05) is 45.8 Å². The Morgan fingerprint density at radius 1 is 0.729 bits per heavy atom. The number of phenolic OH excluding ortho intramolecular Hbond substituents is 1. The van der Waals surface area contributed by atoms with Crippen molar-refractivity contribution in [3.05, 3.63) is 29.8 Å². The molecule has 48 heavy (non-hydrogen) atoms. The van der Waals surface area contributed by atoms with E-state index in [4.69, 9.17) is 17.2 Å². The topological polar surface area (TPSA) is 222 Å². The lowest BCUT2D eigenvalue weighted by Gasteiger charge is -2.19. The monoisotopic (exact) mass is 676 g/mol. The van der Waals surface area contributed by atoms with E-state index in [1.54, 1.807) is 24.3 Å². The Morgan fingerprint density at radius 3 is 1.90 bits per heavy atom. The molecular weight excluding hydrogens is 610 g/mol. The van der Waals surface area contributed by atoms with Gasteiger partial charge in [-0.05, 0) is 88.8 Å². The molecule has 0 spiro atoms. The van der Waals surface area contributed by atoms with E-state index in [1.165, 1.54) is 25.7 Å². The summed E-state index contributed by atoms with van der Waals surface area (Å²) >= 11 is 0. The third-order valence-corrected chi connectivity index (χ3v) is 7.96. The molecule has 1 aromatic rings. The molecule has 1 unspecified atom stereocenters. The number of amides is 3. The molecule has 274 valence electrons. The molecule has 1 rings (SSSR count). The third-order valence-electron chi connectivity index (χ3n) is 7.96. The van der Waals surface area contributed by atoms with Crippen LogP contribution < -0.4 is 43.8 Å². The largest absolute Gasteiger partial charge is 0.508 e. The van der Waals surface area contributed by atoms with Gasteiger partial charge >= 0.3 is 0 Å². The van der Waals surface area contributed by atoms with Gasteiger partial charge in [-0.15, -0.1) is 0 Å². The summed E-state index contributed by atoms with van der Waals surface area (Å²) < 4.78 is 0. The van der Waals surface area contributed by atoms with Gasteiger partial charge in [0, 0.05) is 32.5 Å². The van der Waals surface area contributed by atoms with Crippen LogP contribution in [0.4, 0.5) is 0 Å². The Hall–Kier alpha value is -3.42. The molecule has 13 heteroatoms. The Labute approximate surface area is 288 Å². The highest BCUT2D eigenvalue weighted by Gasteiger charge is 2.21. The van der Waals surface area contributed by atoms with Crippen LogP contribution in [0.1, 0.15) is 102 Å². The summed E-state index contributed by atoms with van der Waals surface area (Å²) in [7, 11) is 0. The van der Waals surface area contributed by atoms with E-state index in [-0.39, 0.29) is 29.4 Å². The Bertz CT molecular complexity index is 1020. The van der Waals surface area contributed by atoms with Crippen molar-refractivity contribution in [1.29, 1.82) is 0 Å². The normalized spacial score (nSPS) is 12.2. The molecule has 0 fully saturated rings. The highest BCUT2D eigenvalue weighted by molar-refractivity contribution is 5.87. The fourth-order valence-corrected chi connectivity index (χ4v) is 5.09. The average Bonchev–Trinajstić information content (AvgIpc) is 3.06. The number of rotatable bonds is 30. The standard InChI is InChI=1S/C35H65N9O4/c1-2-3-4-5-6-7-8-15-32(46)44-31(27-28-16-18-29(45)19-17-28)34(48)42-26-13-23-40-21-10-9-20-39-22-12-25-41-33(47)30(36)14-11-24-43-35(37)38/h16-19,30-31,39-40,45H,2-15,20-27,36H2,1H3,(H,41,47)(H,42,48)(H,44,46)(H4,37,38,43)/t30-,31?/m0/s1. The number of phenols is 1. The SMILES string of the molecule is CCCCCCCCCC(=O)NC(Cc1ccc(O)cc1)C(=O)NCCCNCCCCNCCCNC(=O)[C@@H](N)CCCN=C(N)N. The van der Waals surface area contributed by atoms with Crippen LogP contribution in [0, 0.1) is 0 Å². The van der Waals surface area contributed by atoms with Crippen LogP contribution in [0.3, 0.4) is 0 Å². The Morgan fingerprint density at radius 2 is 1.29 bits per heavy atom. The van der Waals surface area contributed by atoms with Crippen LogP contribution in [0.15, 0.2) is 29.3 Å². The molecular formula is C35H65N9O4. The zero-order valence-electron chi connectivity index (χ0n) is 29.4. The molecule has 1 aromatic carbocycles. The maximum Gasteiger partial charge on any atom is 0.242 e. The van der Waals surface area contributed by atoms with E-state index in [9.17, 15) is 19.5 Å². The molecule has 0 aliphatic heterocycles. The van der Waals surface area contributed by atoms with Gasteiger partial charge in [-0.3, -0.25) is 19.4 Å². The van der Waals surface area contributed by atoms with Crippen molar-refractivity contribution < 1.29 is 19.5 Å². The van der Waals surface area contributed by atoms with E-state index in [2.05, 4.69) is 38.5 Å². The number of guanidine groups is 1. The van der Waals surface area contributed by atoms with Gasteiger partial charge < -0.3 is 48.9 Å². The summed E-state index contributed by atoms with van der Waals surface area (Å²) in [5.41, 5.74) is 17.3. The lowest BCUT2D eigenvalue weighted by molar-refractivity contribution is -0.129. The second-order valence-electron chi connectivity index (χ2n) is 12.4. The number of benzene rings is 1. The van der Waals surface area contributed by atoms with Crippen molar-refractivity contribution in [2.45, 2.75) is 115 Å². The van der Waals surface area contributed by atoms with Crippen LogP contribution >= 0.6 is 0 Å². The molecule has 0 heterocycles. The predicted octanol–water partition coefficient (Wildman–Crippen LogP) is 1.91. The quantitative estimate of drug-likeness (QED) is 0.0330. The number of nitrogens with zero attached hydrogens (tertiary/aromatic N) is 1. The van der Waals surface area contributed by atoms with Crippen LogP contribution in [-0.2, 0) is 20.8 Å². The predicted molar refractivity (Wildman–Crippen MR) is 194 cm³/mol. The third kappa shape index (κ3) is 23.8. The van der Waals surface area contributed by atoms with E-state index >= 15 is 0 Å². The second kappa shape index (κ2) is 28.6. The van der Waals surface area contributed by atoms with E-state index in [1.807, 2.05) is 0 Å². The van der Waals surface area contributed by atoms with Crippen molar-refractivity contribution in [1.82, 2.24) is 26.6 Å². The summed E-state index contributed by atoms with van der Waals surface area (Å²) in [5, 5.41) is 25.2. The first kappa shape index (κ1) is 42.6. The fourth-order valence-electron chi connectivity index (χ4n) is 5.09. The maximum absolute atomic E-state index is 13.0. The lowest BCUT2D eigenvalue weighted by atomic mass is 10.0. The highest BCUT2D eigenvalue weighted by atomic mass is 16.3. The number of hydrogen-bond acceptors (Lipinski definition) is 8. The van der Waals surface area contributed by atoms with Gasteiger partial charge in [0.25, 0.3) is 0 Å².